The summed E-state index contributed by atoms with van der Waals surface area (Å²) in [5.74, 6) is -1.72. The van der Waals surface area contributed by atoms with E-state index in [0.717, 1.165) is 24.8 Å². The number of carboxylic acids is 1. The van der Waals surface area contributed by atoms with E-state index in [9.17, 15) is 14.7 Å². The normalized spacial score (nSPS) is 11.7. The van der Waals surface area contributed by atoms with Crippen molar-refractivity contribution in [2.24, 2.45) is 0 Å². The SMILES string of the molecule is CCCCCCCCC(OC(=O)c1ccccc1C(=O)O)c1ccccc1. The molecule has 0 spiro atoms. The summed E-state index contributed by atoms with van der Waals surface area (Å²) in [6.07, 6.45) is 7.33. The molecular formula is C23H28O4. The van der Waals surface area contributed by atoms with E-state index in [-0.39, 0.29) is 17.2 Å². The van der Waals surface area contributed by atoms with Crippen LogP contribution in [0.2, 0.25) is 0 Å². The molecule has 0 aliphatic heterocycles. The van der Waals surface area contributed by atoms with Crippen LogP contribution >= 0.6 is 0 Å². The van der Waals surface area contributed by atoms with Crippen LogP contribution < -0.4 is 0 Å². The van der Waals surface area contributed by atoms with Gasteiger partial charge in [0.25, 0.3) is 0 Å². The number of carbonyl (C=O) groups excluding carboxylic acids is 1. The summed E-state index contributed by atoms with van der Waals surface area (Å²) >= 11 is 0. The Morgan fingerprint density at radius 2 is 1.44 bits per heavy atom. The van der Waals surface area contributed by atoms with E-state index in [1.807, 2.05) is 30.3 Å². The number of esters is 1. The lowest BCUT2D eigenvalue weighted by Gasteiger charge is -2.19. The predicted molar refractivity (Wildman–Crippen MR) is 106 cm³/mol. The molecule has 1 atom stereocenters. The van der Waals surface area contributed by atoms with E-state index in [1.165, 1.54) is 37.8 Å². The maximum atomic E-state index is 12.6. The molecule has 0 radical (unpaired) electrons. The standard InChI is InChI=1S/C23H28O4/c1-2-3-4-5-6-10-17-21(18-13-8-7-9-14-18)27-23(26)20-16-12-11-15-19(20)22(24)25/h7-9,11-16,21H,2-6,10,17H2,1H3,(H,24,25). The first-order valence-corrected chi connectivity index (χ1v) is 9.71. The van der Waals surface area contributed by atoms with Crippen molar-refractivity contribution >= 4 is 11.9 Å². The van der Waals surface area contributed by atoms with Gasteiger partial charge in [0.05, 0.1) is 11.1 Å². The summed E-state index contributed by atoms with van der Waals surface area (Å²) in [6, 6.07) is 15.8. The van der Waals surface area contributed by atoms with E-state index < -0.39 is 11.9 Å². The number of benzene rings is 2. The zero-order valence-corrected chi connectivity index (χ0v) is 15.9. The number of hydrogen-bond donors (Lipinski definition) is 1. The summed E-state index contributed by atoms with van der Waals surface area (Å²) in [5, 5.41) is 9.30. The van der Waals surface area contributed by atoms with Crippen LogP contribution in [-0.2, 0) is 4.74 Å². The number of rotatable bonds is 11. The Kier molecular flexibility index (Phi) is 8.56. The molecule has 0 fully saturated rings. The second-order valence-electron chi connectivity index (χ2n) is 6.71. The van der Waals surface area contributed by atoms with Crippen molar-refractivity contribution in [2.75, 3.05) is 0 Å². The largest absolute Gasteiger partial charge is 0.478 e. The van der Waals surface area contributed by atoms with Crippen LogP contribution in [0.5, 0.6) is 0 Å². The third-order valence-corrected chi connectivity index (χ3v) is 4.62. The Bertz CT molecular complexity index is 724. The zero-order chi connectivity index (χ0) is 19.5. The molecule has 144 valence electrons. The lowest BCUT2D eigenvalue weighted by atomic mass is 10.0. The minimum atomic E-state index is -1.13. The van der Waals surface area contributed by atoms with Gasteiger partial charge in [-0.15, -0.1) is 0 Å². The summed E-state index contributed by atoms with van der Waals surface area (Å²) in [7, 11) is 0. The fourth-order valence-electron chi connectivity index (χ4n) is 3.11. The zero-order valence-electron chi connectivity index (χ0n) is 15.9. The molecule has 2 aromatic rings. The quantitative estimate of drug-likeness (QED) is 0.388. The molecule has 2 rings (SSSR count). The highest BCUT2D eigenvalue weighted by Crippen LogP contribution is 2.26. The van der Waals surface area contributed by atoms with Gasteiger partial charge in [0.1, 0.15) is 6.10 Å². The van der Waals surface area contributed by atoms with Crippen molar-refractivity contribution in [3.63, 3.8) is 0 Å². The summed E-state index contributed by atoms with van der Waals surface area (Å²) in [6.45, 7) is 2.19. The Morgan fingerprint density at radius 3 is 2.11 bits per heavy atom. The third kappa shape index (κ3) is 6.55. The van der Waals surface area contributed by atoms with Gasteiger partial charge in [0.2, 0.25) is 0 Å². The Hall–Kier alpha value is -2.62. The monoisotopic (exact) mass is 368 g/mol. The fraction of sp³-hybridized carbons (Fsp3) is 0.391. The highest BCUT2D eigenvalue weighted by atomic mass is 16.5. The molecule has 4 heteroatoms. The maximum Gasteiger partial charge on any atom is 0.339 e. The van der Waals surface area contributed by atoms with E-state index in [1.54, 1.807) is 12.1 Å². The van der Waals surface area contributed by atoms with Crippen LogP contribution in [0.4, 0.5) is 0 Å². The minimum Gasteiger partial charge on any atom is -0.478 e. The van der Waals surface area contributed by atoms with Gasteiger partial charge in [-0.05, 0) is 30.5 Å². The maximum absolute atomic E-state index is 12.6. The number of carbonyl (C=O) groups is 2. The van der Waals surface area contributed by atoms with Gasteiger partial charge < -0.3 is 9.84 Å². The number of ether oxygens (including phenoxy) is 1. The topological polar surface area (TPSA) is 63.6 Å². The van der Waals surface area contributed by atoms with Gasteiger partial charge in [-0.3, -0.25) is 0 Å². The highest BCUT2D eigenvalue weighted by molar-refractivity contribution is 6.02. The van der Waals surface area contributed by atoms with Crippen LogP contribution in [0.3, 0.4) is 0 Å². The highest BCUT2D eigenvalue weighted by Gasteiger charge is 2.22. The van der Waals surface area contributed by atoms with E-state index in [2.05, 4.69) is 6.92 Å². The van der Waals surface area contributed by atoms with Gasteiger partial charge in [-0.2, -0.15) is 0 Å². The average molecular weight is 368 g/mol. The van der Waals surface area contributed by atoms with E-state index in [4.69, 9.17) is 4.74 Å². The van der Waals surface area contributed by atoms with Crippen LogP contribution in [0.15, 0.2) is 54.6 Å². The molecule has 4 nitrogen and oxygen atoms in total. The number of carboxylic acid groups (broad SMARTS) is 1. The van der Waals surface area contributed by atoms with Crippen LogP contribution in [0, 0.1) is 0 Å². The summed E-state index contributed by atoms with van der Waals surface area (Å²) < 4.78 is 5.74. The first-order valence-electron chi connectivity index (χ1n) is 9.71. The summed E-state index contributed by atoms with van der Waals surface area (Å²) in [4.78, 5) is 24.0. The molecule has 0 amide bonds. The number of aromatic carboxylic acids is 1. The predicted octanol–water partition coefficient (Wildman–Crippen LogP) is 6.03. The van der Waals surface area contributed by atoms with Gasteiger partial charge in [0.15, 0.2) is 0 Å². The first kappa shape index (κ1) is 20.7. The molecule has 2 aromatic carbocycles. The Morgan fingerprint density at radius 1 is 0.852 bits per heavy atom. The van der Waals surface area contributed by atoms with E-state index in [0.29, 0.717) is 0 Å². The van der Waals surface area contributed by atoms with Gasteiger partial charge in [-0.1, -0.05) is 81.5 Å². The van der Waals surface area contributed by atoms with E-state index >= 15 is 0 Å². The summed E-state index contributed by atoms with van der Waals surface area (Å²) in [5.41, 5.74) is 0.995. The lowest BCUT2D eigenvalue weighted by Crippen LogP contribution is -2.15. The van der Waals surface area contributed by atoms with Crippen LogP contribution in [0.25, 0.3) is 0 Å². The molecule has 27 heavy (non-hydrogen) atoms. The molecule has 0 aromatic heterocycles. The number of unbranched alkanes of at least 4 members (excludes halogenated alkanes) is 5. The Balaban J connectivity index is 2.06. The Labute approximate surface area is 161 Å². The average Bonchev–Trinajstić information content (AvgIpc) is 2.70. The molecule has 1 unspecified atom stereocenters. The van der Waals surface area contributed by atoms with Crippen molar-refractivity contribution < 1.29 is 19.4 Å². The van der Waals surface area contributed by atoms with Crippen molar-refractivity contribution in [2.45, 2.75) is 58.0 Å². The van der Waals surface area contributed by atoms with Gasteiger partial charge in [-0.25, -0.2) is 9.59 Å². The second kappa shape index (κ2) is 11.2. The first-order chi connectivity index (χ1) is 13.1. The molecule has 0 aliphatic rings. The molecule has 0 aliphatic carbocycles. The van der Waals surface area contributed by atoms with Crippen LogP contribution in [-0.4, -0.2) is 17.0 Å². The number of hydrogen-bond acceptors (Lipinski definition) is 3. The molecule has 0 bridgehead atoms. The third-order valence-electron chi connectivity index (χ3n) is 4.62. The molecule has 0 saturated heterocycles. The van der Waals surface area contributed by atoms with Gasteiger partial charge >= 0.3 is 11.9 Å². The smallest absolute Gasteiger partial charge is 0.339 e. The van der Waals surface area contributed by atoms with Crippen molar-refractivity contribution in [1.82, 2.24) is 0 Å². The molecule has 1 N–H and O–H groups in total. The van der Waals surface area contributed by atoms with Gasteiger partial charge in [0, 0.05) is 0 Å². The molecule has 0 saturated carbocycles. The molecule has 0 heterocycles. The molecular weight excluding hydrogens is 340 g/mol. The lowest BCUT2D eigenvalue weighted by molar-refractivity contribution is 0.0265. The minimum absolute atomic E-state index is 0.0334. The van der Waals surface area contributed by atoms with Crippen molar-refractivity contribution in [1.29, 1.82) is 0 Å². The second-order valence-corrected chi connectivity index (χ2v) is 6.71. The van der Waals surface area contributed by atoms with Crippen molar-refractivity contribution in [3.05, 3.63) is 71.3 Å². The van der Waals surface area contributed by atoms with Crippen LogP contribution in [0.1, 0.15) is 84.3 Å². The van der Waals surface area contributed by atoms with Crippen molar-refractivity contribution in [3.8, 4) is 0 Å². The fourth-order valence-corrected chi connectivity index (χ4v) is 3.11.